The van der Waals surface area contributed by atoms with Crippen molar-refractivity contribution in [1.29, 1.82) is 0 Å². The fourth-order valence-corrected chi connectivity index (χ4v) is 1.38. The van der Waals surface area contributed by atoms with E-state index in [-0.39, 0.29) is 5.56 Å². The maximum Gasteiger partial charge on any atom is 0.0744 e. The van der Waals surface area contributed by atoms with Gasteiger partial charge in [0.25, 0.3) is 0 Å². The zero-order valence-corrected chi connectivity index (χ0v) is 6.20. The lowest BCUT2D eigenvalue weighted by atomic mass is 10.3. The summed E-state index contributed by atoms with van der Waals surface area (Å²) in [6.45, 7) is 1.77. The van der Waals surface area contributed by atoms with Gasteiger partial charge in [-0.1, -0.05) is 0 Å². The van der Waals surface area contributed by atoms with Crippen LogP contribution in [0.2, 0.25) is 0 Å². The van der Waals surface area contributed by atoms with Gasteiger partial charge in [0.05, 0.1) is 11.7 Å². The molecule has 0 aliphatic rings. The average Bonchev–Trinajstić information content (AvgIpc) is 2.14. The van der Waals surface area contributed by atoms with Gasteiger partial charge < -0.3 is 15.6 Å². The summed E-state index contributed by atoms with van der Waals surface area (Å²) in [6, 6.07) is 0. The molecule has 0 fully saturated rings. The number of anilines is 1. The van der Waals surface area contributed by atoms with Crippen molar-refractivity contribution in [3.63, 3.8) is 0 Å². The average molecular weight is 156 g/mol. The van der Waals surface area contributed by atoms with E-state index >= 15 is 0 Å². The maximum absolute atomic E-state index is 10.3. The summed E-state index contributed by atoms with van der Waals surface area (Å²) >= 11 is 1.31. The number of nitrogens with two attached hydrogens (primary N) is 1. The van der Waals surface area contributed by atoms with Gasteiger partial charge in [0.15, 0.2) is 0 Å². The van der Waals surface area contributed by atoms with Crippen molar-refractivity contribution >= 4 is 23.0 Å². The number of aryl methyl sites for hydroxylation is 1. The van der Waals surface area contributed by atoms with Crippen LogP contribution in [0.3, 0.4) is 0 Å². The molecule has 0 unspecified atom stereocenters. The van der Waals surface area contributed by atoms with Crippen LogP contribution in [0.5, 0.6) is 0 Å². The third kappa shape index (κ3) is 0.974. The summed E-state index contributed by atoms with van der Waals surface area (Å²) in [6.07, 6.45) is 0. The van der Waals surface area contributed by atoms with Crippen molar-refractivity contribution in [2.75, 3.05) is 5.73 Å². The Balaban J connectivity index is 3.17. The van der Waals surface area contributed by atoms with Crippen molar-refractivity contribution in [3.8, 4) is 0 Å². The van der Waals surface area contributed by atoms with Gasteiger partial charge in [0.2, 0.25) is 0 Å². The summed E-state index contributed by atoms with van der Waals surface area (Å²) in [5.74, 6) is -1.21. The Bertz CT molecular complexity index is 267. The predicted octanol–water partition coefficient (Wildman–Crippen LogP) is 0.00222. The zero-order valence-electron chi connectivity index (χ0n) is 5.38. The molecular formula is C6H6NO2S-. The highest BCUT2D eigenvalue weighted by Crippen LogP contribution is 2.22. The molecule has 4 heteroatoms. The summed E-state index contributed by atoms with van der Waals surface area (Å²) in [4.78, 5) is 11.1. The Kier molecular flexibility index (Phi) is 1.63. The van der Waals surface area contributed by atoms with E-state index in [4.69, 9.17) is 5.73 Å². The summed E-state index contributed by atoms with van der Waals surface area (Å²) < 4.78 is 0. The Hall–Kier alpha value is -1.03. The second kappa shape index (κ2) is 2.30. The van der Waals surface area contributed by atoms with Crippen LogP contribution in [-0.4, -0.2) is 5.97 Å². The zero-order chi connectivity index (χ0) is 7.72. The van der Waals surface area contributed by atoms with Crippen molar-refractivity contribution in [3.05, 3.63) is 15.8 Å². The normalized spacial score (nSPS) is 9.70. The molecule has 0 radical (unpaired) electrons. The third-order valence-corrected chi connectivity index (χ3v) is 2.17. The van der Waals surface area contributed by atoms with Gasteiger partial charge in [-0.15, -0.1) is 11.3 Å². The van der Waals surface area contributed by atoms with E-state index in [1.807, 2.05) is 0 Å². The smallest absolute Gasteiger partial charge is 0.0744 e. The number of rotatable bonds is 1. The van der Waals surface area contributed by atoms with Crippen LogP contribution >= 0.6 is 11.3 Å². The topological polar surface area (TPSA) is 66.1 Å². The Morgan fingerprint density at radius 3 is 2.60 bits per heavy atom. The lowest BCUT2D eigenvalue weighted by Crippen LogP contribution is -2.22. The minimum absolute atomic E-state index is 0.0995. The molecule has 0 aromatic carbocycles. The number of carboxylic acids is 1. The van der Waals surface area contributed by atoms with Gasteiger partial charge in [0, 0.05) is 15.8 Å². The van der Waals surface area contributed by atoms with Gasteiger partial charge in [0.1, 0.15) is 0 Å². The van der Waals surface area contributed by atoms with E-state index in [1.165, 1.54) is 16.7 Å². The Labute approximate surface area is 62.1 Å². The number of nitrogen functional groups attached to an aromatic ring is 1. The fraction of sp³-hybridized carbons (Fsp3) is 0.167. The van der Waals surface area contributed by atoms with E-state index in [0.29, 0.717) is 5.69 Å². The lowest BCUT2D eigenvalue weighted by Gasteiger charge is -1.98. The predicted molar refractivity (Wildman–Crippen MR) is 37.8 cm³/mol. The second-order valence-electron chi connectivity index (χ2n) is 1.91. The van der Waals surface area contributed by atoms with E-state index < -0.39 is 5.97 Å². The lowest BCUT2D eigenvalue weighted by molar-refractivity contribution is -0.254. The molecule has 3 nitrogen and oxygen atoms in total. The monoisotopic (exact) mass is 156 g/mol. The summed E-state index contributed by atoms with van der Waals surface area (Å²) in [5.41, 5.74) is 5.82. The first-order valence-electron chi connectivity index (χ1n) is 2.68. The SMILES string of the molecule is Cc1scc(C(=O)[O-])c1N. The molecule has 0 amide bonds. The first-order valence-corrected chi connectivity index (χ1v) is 3.56. The molecule has 0 bridgehead atoms. The molecule has 0 saturated heterocycles. The number of hydrogen-bond acceptors (Lipinski definition) is 4. The van der Waals surface area contributed by atoms with Crippen molar-refractivity contribution in [2.24, 2.45) is 0 Å². The number of carboxylic acid groups (broad SMARTS) is 1. The molecule has 1 heterocycles. The van der Waals surface area contributed by atoms with Crippen LogP contribution in [0.4, 0.5) is 5.69 Å². The summed E-state index contributed by atoms with van der Waals surface area (Å²) in [7, 11) is 0. The first kappa shape index (κ1) is 7.08. The van der Waals surface area contributed by atoms with E-state index in [2.05, 4.69) is 0 Å². The van der Waals surface area contributed by atoms with Crippen LogP contribution in [0, 0.1) is 6.92 Å². The fourth-order valence-electron chi connectivity index (χ4n) is 0.622. The minimum atomic E-state index is -1.21. The molecule has 0 saturated carbocycles. The van der Waals surface area contributed by atoms with Crippen LogP contribution in [0.25, 0.3) is 0 Å². The van der Waals surface area contributed by atoms with E-state index in [9.17, 15) is 9.90 Å². The number of hydrogen-bond donors (Lipinski definition) is 1. The molecular weight excluding hydrogens is 150 g/mol. The molecule has 0 atom stereocenters. The third-order valence-electron chi connectivity index (χ3n) is 1.24. The standard InChI is InChI=1S/C6H7NO2S/c1-3-5(7)4(2-10-3)6(8)9/h2H,7H2,1H3,(H,8,9)/p-1. The summed E-state index contributed by atoms with van der Waals surface area (Å²) in [5, 5.41) is 11.7. The van der Waals surface area contributed by atoms with E-state index in [1.54, 1.807) is 6.92 Å². The Morgan fingerprint density at radius 2 is 2.40 bits per heavy atom. The van der Waals surface area contributed by atoms with Gasteiger partial charge in [-0.05, 0) is 6.92 Å². The number of carbonyl (C=O) groups is 1. The molecule has 1 aromatic rings. The van der Waals surface area contributed by atoms with Crippen molar-refractivity contribution < 1.29 is 9.90 Å². The van der Waals surface area contributed by atoms with Crippen molar-refractivity contribution in [1.82, 2.24) is 0 Å². The van der Waals surface area contributed by atoms with Crippen LogP contribution in [0.1, 0.15) is 15.2 Å². The van der Waals surface area contributed by atoms with Crippen LogP contribution in [-0.2, 0) is 0 Å². The highest BCUT2D eigenvalue weighted by atomic mass is 32.1. The van der Waals surface area contributed by atoms with Gasteiger partial charge in [-0.2, -0.15) is 0 Å². The van der Waals surface area contributed by atoms with Crippen LogP contribution < -0.4 is 10.8 Å². The van der Waals surface area contributed by atoms with Crippen LogP contribution in [0.15, 0.2) is 5.38 Å². The molecule has 1 rings (SSSR count). The highest BCUT2D eigenvalue weighted by molar-refractivity contribution is 7.10. The first-order chi connectivity index (χ1) is 4.63. The van der Waals surface area contributed by atoms with E-state index in [0.717, 1.165) is 4.88 Å². The van der Waals surface area contributed by atoms with Gasteiger partial charge >= 0.3 is 0 Å². The molecule has 1 aromatic heterocycles. The highest BCUT2D eigenvalue weighted by Gasteiger charge is 2.03. The Morgan fingerprint density at radius 1 is 1.80 bits per heavy atom. The van der Waals surface area contributed by atoms with Gasteiger partial charge in [-0.3, -0.25) is 0 Å². The molecule has 0 aliphatic carbocycles. The second-order valence-corrected chi connectivity index (χ2v) is 2.99. The maximum atomic E-state index is 10.3. The largest absolute Gasteiger partial charge is 0.545 e. The number of carbonyl (C=O) groups excluding carboxylic acids is 1. The minimum Gasteiger partial charge on any atom is -0.545 e. The molecule has 0 aliphatic heterocycles. The molecule has 0 spiro atoms. The molecule has 10 heavy (non-hydrogen) atoms. The van der Waals surface area contributed by atoms with Gasteiger partial charge in [-0.25, -0.2) is 0 Å². The number of thiophene rings is 1. The number of aromatic carboxylic acids is 1. The quantitative estimate of drug-likeness (QED) is 0.622. The molecule has 54 valence electrons. The molecule has 2 N–H and O–H groups in total. The van der Waals surface area contributed by atoms with Crippen molar-refractivity contribution in [2.45, 2.75) is 6.92 Å².